The lowest BCUT2D eigenvalue weighted by Crippen LogP contribution is -2.25. The lowest BCUT2D eigenvalue weighted by Gasteiger charge is -2.04. The minimum absolute atomic E-state index is 0.0232. The molecule has 1 aliphatic heterocycles. The monoisotopic (exact) mass is 353 g/mol. The van der Waals surface area contributed by atoms with E-state index in [1.807, 2.05) is 61.5 Å². The first-order valence-corrected chi connectivity index (χ1v) is 8.82. The summed E-state index contributed by atoms with van der Waals surface area (Å²) in [6.07, 6.45) is 0.678. The molecule has 1 atom stereocenters. The molecule has 2 aromatic carbocycles. The number of ether oxygens (including phenoxy) is 1. The normalized spacial score (nSPS) is 19.1. The fraction of sp³-hybridized carbons (Fsp3) is 0.211. The maximum Gasteiger partial charge on any atom is 0.239 e. The molecule has 1 heterocycles. The Hall–Kier alpha value is -2.60. The summed E-state index contributed by atoms with van der Waals surface area (Å²) in [7, 11) is 1.63. The Kier molecular flexibility index (Phi) is 5.50. The highest BCUT2D eigenvalue weighted by atomic mass is 32.2. The predicted octanol–water partition coefficient (Wildman–Crippen LogP) is 3.25. The van der Waals surface area contributed by atoms with Crippen molar-refractivity contribution in [2.75, 3.05) is 7.11 Å². The molecule has 2 aromatic rings. The molecule has 3 rings (SSSR count). The topological polar surface area (TPSA) is 63.1 Å². The van der Waals surface area contributed by atoms with Crippen LogP contribution in [0.2, 0.25) is 0 Å². The SMILES string of the molecule is COc1ccc(/C(C)=N/N=C2\NC(=O)C(Cc3ccccc3)S2)cc1. The Morgan fingerprint density at radius 2 is 1.88 bits per heavy atom. The average Bonchev–Trinajstić information content (AvgIpc) is 3.00. The summed E-state index contributed by atoms with van der Waals surface area (Å²) in [6.45, 7) is 1.88. The Labute approximate surface area is 151 Å². The molecule has 128 valence electrons. The van der Waals surface area contributed by atoms with E-state index < -0.39 is 0 Å². The number of nitrogens with zero attached hydrogens (tertiary/aromatic N) is 2. The van der Waals surface area contributed by atoms with Crippen molar-refractivity contribution in [1.29, 1.82) is 0 Å². The van der Waals surface area contributed by atoms with E-state index >= 15 is 0 Å². The number of benzene rings is 2. The van der Waals surface area contributed by atoms with Crippen LogP contribution >= 0.6 is 11.8 Å². The number of amidine groups is 1. The molecule has 0 saturated carbocycles. The van der Waals surface area contributed by atoms with Gasteiger partial charge in [-0.15, -0.1) is 5.10 Å². The van der Waals surface area contributed by atoms with Gasteiger partial charge < -0.3 is 10.1 Å². The van der Waals surface area contributed by atoms with Gasteiger partial charge in [-0.25, -0.2) is 0 Å². The maximum absolute atomic E-state index is 12.1. The zero-order valence-corrected chi connectivity index (χ0v) is 14.9. The molecule has 0 aromatic heterocycles. The van der Waals surface area contributed by atoms with Crippen LogP contribution in [0.4, 0.5) is 0 Å². The number of amides is 1. The average molecular weight is 353 g/mol. The summed E-state index contributed by atoms with van der Waals surface area (Å²) in [6, 6.07) is 17.6. The van der Waals surface area contributed by atoms with Crippen LogP contribution in [0.5, 0.6) is 5.75 Å². The number of carbonyl (C=O) groups excluding carboxylic acids is 1. The van der Waals surface area contributed by atoms with E-state index in [-0.39, 0.29) is 11.2 Å². The van der Waals surface area contributed by atoms with Crippen molar-refractivity contribution in [2.45, 2.75) is 18.6 Å². The molecule has 5 nitrogen and oxygen atoms in total. The highest BCUT2D eigenvalue weighted by Gasteiger charge is 2.30. The number of thioether (sulfide) groups is 1. The fourth-order valence-electron chi connectivity index (χ4n) is 2.43. The molecule has 0 radical (unpaired) electrons. The van der Waals surface area contributed by atoms with Crippen molar-refractivity contribution in [3.8, 4) is 5.75 Å². The maximum atomic E-state index is 12.1. The van der Waals surface area contributed by atoms with E-state index in [9.17, 15) is 4.79 Å². The molecule has 0 bridgehead atoms. The molecule has 1 N–H and O–H groups in total. The first-order valence-electron chi connectivity index (χ1n) is 7.94. The molecule has 25 heavy (non-hydrogen) atoms. The number of methoxy groups -OCH3 is 1. The smallest absolute Gasteiger partial charge is 0.239 e. The van der Waals surface area contributed by atoms with Crippen molar-refractivity contribution in [3.63, 3.8) is 0 Å². The molecule has 0 spiro atoms. The van der Waals surface area contributed by atoms with Gasteiger partial charge in [-0.05, 0) is 48.7 Å². The van der Waals surface area contributed by atoms with Gasteiger partial charge in [0.15, 0.2) is 5.17 Å². The van der Waals surface area contributed by atoms with Crippen molar-refractivity contribution in [1.82, 2.24) is 5.32 Å². The van der Waals surface area contributed by atoms with Crippen molar-refractivity contribution in [2.24, 2.45) is 10.2 Å². The Balaban J connectivity index is 1.66. The van der Waals surface area contributed by atoms with Crippen LogP contribution in [0, 0.1) is 0 Å². The second-order valence-corrected chi connectivity index (χ2v) is 6.80. The molecule has 1 amide bonds. The molecule has 6 heteroatoms. The van der Waals surface area contributed by atoms with E-state index in [2.05, 4.69) is 15.5 Å². The number of nitrogens with one attached hydrogen (secondary N) is 1. The van der Waals surface area contributed by atoms with Crippen LogP contribution in [-0.2, 0) is 11.2 Å². The number of carbonyl (C=O) groups is 1. The molecule has 1 unspecified atom stereocenters. The second kappa shape index (κ2) is 7.98. The van der Waals surface area contributed by atoms with Gasteiger partial charge in [0.05, 0.1) is 18.1 Å². The molecule has 1 fully saturated rings. The molecular formula is C19H19N3O2S. The number of hydrogen-bond donors (Lipinski definition) is 1. The zero-order valence-electron chi connectivity index (χ0n) is 14.1. The van der Waals surface area contributed by atoms with Crippen molar-refractivity contribution in [3.05, 3.63) is 65.7 Å². The van der Waals surface area contributed by atoms with Gasteiger partial charge in [-0.3, -0.25) is 4.79 Å². The van der Waals surface area contributed by atoms with E-state index in [0.29, 0.717) is 11.6 Å². The summed E-state index contributed by atoms with van der Waals surface area (Å²) in [5.41, 5.74) is 2.87. The highest BCUT2D eigenvalue weighted by molar-refractivity contribution is 8.15. The van der Waals surface area contributed by atoms with Gasteiger partial charge >= 0.3 is 0 Å². The number of rotatable bonds is 5. The number of hydrogen-bond acceptors (Lipinski definition) is 5. The van der Waals surface area contributed by atoms with E-state index in [4.69, 9.17) is 4.74 Å². The van der Waals surface area contributed by atoms with Crippen LogP contribution in [0.3, 0.4) is 0 Å². The Morgan fingerprint density at radius 3 is 2.56 bits per heavy atom. The van der Waals surface area contributed by atoms with Crippen LogP contribution in [0.25, 0.3) is 0 Å². The van der Waals surface area contributed by atoms with Gasteiger partial charge in [0.1, 0.15) is 5.75 Å². The third kappa shape index (κ3) is 4.48. The van der Waals surface area contributed by atoms with Crippen LogP contribution in [0.1, 0.15) is 18.1 Å². The van der Waals surface area contributed by atoms with Gasteiger partial charge in [-0.1, -0.05) is 42.1 Å². The molecular weight excluding hydrogens is 334 g/mol. The van der Waals surface area contributed by atoms with Crippen LogP contribution in [0.15, 0.2) is 64.8 Å². The quantitative estimate of drug-likeness (QED) is 0.663. The molecule has 1 saturated heterocycles. The first-order chi connectivity index (χ1) is 12.2. The molecule has 0 aliphatic carbocycles. The van der Waals surface area contributed by atoms with Crippen LogP contribution < -0.4 is 10.1 Å². The first kappa shape index (κ1) is 17.2. The Bertz CT molecular complexity index is 801. The summed E-state index contributed by atoms with van der Waals surface area (Å²) in [5, 5.41) is 11.6. The van der Waals surface area contributed by atoms with Crippen molar-refractivity contribution >= 4 is 28.5 Å². The lowest BCUT2D eigenvalue weighted by atomic mass is 10.1. The summed E-state index contributed by atoms with van der Waals surface area (Å²) in [5.74, 6) is 0.773. The van der Waals surface area contributed by atoms with Crippen molar-refractivity contribution < 1.29 is 9.53 Å². The van der Waals surface area contributed by atoms with E-state index in [1.165, 1.54) is 11.8 Å². The summed E-state index contributed by atoms with van der Waals surface area (Å²) >= 11 is 1.42. The minimum Gasteiger partial charge on any atom is -0.497 e. The largest absolute Gasteiger partial charge is 0.497 e. The lowest BCUT2D eigenvalue weighted by molar-refractivity contribution is -0.118. The third-order valence-electron chi connectivity index (χ3n) is 3.84. The van der Waals surface area contributed by atoms with Gasteiger partial charge in [0, 0.05) is 0 Å². The van der Waals surface area contributed by atoms with Gasteiger partial charge in [0.2, 0.25) is 5.91 Å². The Morgan fingerprint density at radius 1 is 1.16 bits per heavy atom. The summed E-state index contributed by atoms with van der Waals surface area (Å²) in [4.78, 5) is 12.1. The minimum atomic E-state index is -0.169. The van der Waals surface area contributed by atoms with Crippen LogP contribution in [-0.4, -0.2) is 29.1 Å². The highest BCUT2D eigenvalue weighted by Crippen LogP contribution is 2.23. The van der Waals surface area contributed by atoms with E-state index in [1.54, 1.807) is 7.11 Å². The summed E-state index contributed by atoms with van der Waals surface area (Å²) < 4.78 is 5.14. The molecule has 1 aliphatic rings. The third-order valence-corrected chi connectivity index (χ3v) is 4.91. The standard InChI is InChI=1S/C19H19N3O2S/c1-13(15-8-10-16(24-2)11-9-15)21-22-19-20-18(23)17(25-19)12-14-6-4-3-5-7-14/h3-11,17H,12H2,1-2H3,(H,20,22,23)/b21-13+. The van der Waals surface area contributed by atoms with Gasteiger partial charge in [0.25, 0.3) is 0 Å². The van der Waals surface area contributed by atoms with E-state index in [0.717, 1.165) is 22.6 Å². The fourth-order valence-corrected chi connectivity index (χ4v) is 3.38. The predicted molar refractivity (Wildman–Crippen MR) is 102 cm³/mol. The second-order valence-electron chi connectivity index (χ2n) is 5.60. The zero-order chi connectivity index (χ0) is 17.6. The van der Waals surface area contributed by atoms with Gasteiger partial charge in [-0.2, -0.15) is 5.10 Å².